The van der Waals surface area contributed by atoms with E-state index in [9.17, 15) is 30.7 Å². The number of rotatable bonds is 4. The Morgan fingerprint density at radius 3 is 1.76 bits per heavy atom. The molecule has 136 valence electrons. The van der Waals surface area contributed by atoms with E-state index in [-0.39, 0.29) is 16.8 Å². The zero-order valence-electron chi connectivity index (χ0n) is 12.3. The zero-order valence-corrected chi connectivity index (χ0v) is 12.3. The highest BCUT2D eigenvalue weighted by atomic mass is 19.4. The molecule has 10 heteroatoms. The smallest absolute Gasteiger partial charge is 0.427 e. The summed E-state index contributed by atoms with van der Waals surface area (Å²) < 4.78 is 93.6. The Hall–Kier alpha value is -2.65. The first kappa shape index (κ1) is 18.7. The fourth-order valence-electron chi connectivity index (χ4n) is 1.89. The summed E-state index contributed by atoms with van der Waals surface area (Å²) in [5.74, 6) is -7.33. The molecule has 0 atom stereocenters. The summed E-state index contributed by atoms with van der Waals surface area (Å²) >= 11 is 0. The molecule has 2 aromatic carbocycles. The molecule has 3 nitrogen and oxygen atoms in total. The van der Waals surface area contributed by atoms with Crippen LogP contribution in [0.2, 0.25) is 0 Å². The molecule has 0 heterocycles. The van der Waals surface area contributed by atoms with Crippen molar-refractivity contribution < 1.29 is 35.5 Å². The summed E-state index contributed by atoms with van der Waals surface area (Å²) in [5.41, 5.74) is 11.1. The molecule has 0 aliphatic heterocycles. The second kappa shape index (κ2) is 6.01. The first-order valence-electron chi connectivity index (χ1n) is 6.62. The molecule has 0 saturated carbocycles. The minimum Gasteiger partial charge on any atom is -0.427 e. The standard InChI is InChI=1S/C15H11F7N2O/c16-13(17,14(18,19)20)15(21,22)25-12-7-10(24)5-6-11(12)8-1-3-9(23)4-2-8/h1-7H,23-24H2. The van der Waals surface area contributed by atoms with Gasteiger partial charge in [0.25, 0.3) is 0 Å². The van der Waals surface area contributed by atoms with E-state index in [0.717, 1.165) is 12.1 Å². The maximum absolute atomic E-state index is 13.5. The Kier molecular flexibility index (Phi) is 4.49. The fraction of sp³-hybridized carbons (Fsp3) is 0.200. The highest BCUT2D eigenvalue weighted by Gasteiger charge is 2.75. The molecule has 4 N–H and O–H groups in total. The third kappa shape index (κ3) is 3.57. The van der Waals surface area contributed by atoms with E-state index >= 15 is 0 Å². The number of halogens is 7. The summed E-state index contributed by atoms with van der Waals surface area (Å²) in [7, 11) is 0. The molecule has 0 saturated heterocycles. The Bertz CT molecular complexity index is 757. The van der Waals surface area contributed by atoms with Gasteiger partial charge in [0.05, 0.1) is 0 Å². The summed E-state index contributed by atoms with van der Waals surface area (Å²) in [6.07, 6.45) is -12.3. The largest absolute Gasteiger partial charge is 0.474 e. The normalized spacial score (nSPS) is 12.9. The lowest BCUT2D eigenvalue weighted by Gasteiger charge is -2.28. The average molecular weight is 368 g/mol. The topological polar surface area (TPSA) is 61.3 Å². The van der Waals surface area contributed by atoms with Crippen molar-refractivity contribution in [3.63, 3.8) is 0 Å². The number of nitrogens with two attached hydrogens (primary N) is 2. The zero-order chi connectivity index (χ0) is 19.0. The van der Waals surface area contributed by atoms with Crippen molar-refractivity contribution in [2.45, 2.75) is 18.2 Å². The highest BCUT2D eigenvalue weighted by Crippen LogP contribution is 2.48. The lowest BCUT2D eigenvalue weighted by atomic mass is 10.0. The maximum Gasteiger partial charge on any atom is 0.474 e. The van der Waals surface area contributed by atoms with Crippen molar-refractivity contribution in [3.8, 4) is 16.9 Å². The molecule has 0 unspecified atom stereocenters. The molecule has 0 fully saturated rings. The van der Waals surface area contributed by atoms with Gasteiger partial charge in [0.15, 0.2) is 0 Å². The van der Waals surface area contributed by atoms with Gasteiger partial charge in [-0.2, -0.15) is 30.7 Å². The molecule has 2 aromatic rings. The van der Waals surface area contributed by atoms with Gasteiger partial charge in [0, 0.05) is 23.0 Å². The molecule has 0 bridgehead atoms. The van der Waals surface area contributed by atoms with Gasteiger partial charge in [0.2, 0.25) is 0 Å². The van der Waals surface area contributed by atoms with Crippen LogP contribution in [0.5, 0.6) is 5.75 Å². The van der Waals surface area contributed by atoms with E-state index < -0.39 is 24.0 Å². The van der Waals surface area contributed by atoms with Crippen LogP contribution in [0.25, 0.3) is 11.1 Å². The van der Waals surface area contributed by atoms with Crippen LogP contribution in [0.15, 0.2) is 42.5 Å². The third-order valence-corrected chi connectivity index (χ3v) is 3.19. The minimum atomic E-state index is -6.50. The number of hydrogen-bond donors (Lipinski definition) is 2. The predicted octanol–water partition coefficient (Wildman–Crippen LogP) is 4.69. The van der Waals surface area contributed by atoms with Crippen molar-refractivity contribution in [1.29, 1.82) is 0 Å². The second-order valence-electron chi connectivity index (χ2n) is 5.07. The van der Waals surface area contributed by atoms with Crippen LogP contribution in [0.4, 0.5) is 42.1 Å². The van der Waals surface area contributed by atoms with E-state index in [1.807, 2.05) is 0 Å². The molecular formula is C15H11F7N2O. The van der Waals surface area contributed by atoms with Gasteiger partial charge in [-0.05, 0) is 29.8 Å². The Labute approximate surface area is 137 Å². The monoisotopic (exact) mass is 368 g/mol. The summed E-state index contributed by atoms with van der Waals surface area (Å²) in [4.78, 5) is 0. The number of benzene rings is 2. The van der Waals surface area contributed by atoms with Crippen LogP contribution in [0.1, 0.15) is 0 Å². The molecule has 0 radical (unpaired) electrons. The van der Waals surface area contributed by atoms with Crippen LogP contribution < -0.4 is 16.2 Å². The van der Waals surface area contributed by atoms with E-state index in [0.29, 0.717) is 5.69 Å². The Morgan fingerprint density at radius 2 is 1.24 bits per heavy atom. The van der Waals surface area contributed by atoms with Gasteiger partial charge in [-0.3, -0.25) is 0 Å². The number of ether oxygens (including phenoxy) is 1. The molecule has 0 aromatic heterocycles. The van der Waals surface area contributed by atoms with Gasteiger partial charge in [-0.15, -0.1) is 0 Å². The van der Waals surface area contributed by atoms with Gasteiger partial charge in [0.1, 0.15) is 5.75 Å². The van der Waals surface area contributed by atoms with Gasteiger partial charge >= 0.3 is 18.2 Å². The quantitative estimate of drug-likeness (QED) is 0.608. The first-order chi connectivity index (χ1) is 11.3. The minimum absolute atomic E-state index is 0.160. The summed E-state index contributed by atoms with van der Waals surface area (Å²) in [6, 6.07) is 8.61. The number of alkyl halides is 7. The first-order valence-corrected chi connectivity index (χ1v) is 6.62. The van der Waals surface area contributed by atoms with Crippen LogP contribution in [-0.4, -0.2) is 18.2 Å². The van der Waals surface area contributed by atoms with Crippen LogP contribution in [0, 0.1) is 0 Å². The molecule has 0 aliphatic rings. The van der Waals surface area contributed by atoms with E-state index in [4.69, 9.17) is 11.5 Å². The van der Waals surface area contributed by atoms with E-state index in [1.165, 1.54) is 30.3 Å². The molecule has 25 heavy (non-hydrogen) atoms. The van der Waals surface area contributed by atoms with E-state index in [2.05, 4.69) is 4.74 Å². The van der Waals surface area contributed by atoms with Crippen LogP contribution in [-0.2, 0) is 0 Å². The van der Waals surface area contributed by atoms with E-state index in [1.54, 1.807) is 0 Å². The average Bonchev–Trinajstić information content (AvgIpc) is 2.47. The molecule has 0 spiro atoms. The third-order valence-electron chi connectivity index (χ3n) is 3.19. The fourth-order valence-corrected chi connectivity index (χ4v) is 1.89. The second-order valence-corrected chi connectivity index (χ2v) is 5.07. The van der Waals surface area contributed by atoms with Crippen molar-refractivity contribution in [2.75, 3.05) is 11.5 Å². The maximum atomic E-state index is 13.5. The van der Waals surface area contributed by atoms with Gasteiger partial charge < -0.3 is 16.2 Å². The molecule has 2 rings (SSSR count). The van der Waals surface area contributed by atoms with Crippen LogP contribution >= 0.6 is 0 Å². The SMILES string of the molecule is Nc1ccc(-c2ccc(N)cc2OC(F)(F)C(F)(F)C(F)(F)F)cc1. The molecule has 0 amide bonds. The van der Waals surface area contributed by atoms with Crippen molar-refractivity contribution >= 4 is 11.4 Å². The van der Waals surface area contributed by atoms with Crippen molar-refractivity contribution in [1.82, 2.24) is 0 Å². The Balaban J connectivity index is 2.49. The number of anilines is 2. The van der Waals surface area contributed by atoms with Crippen molar-refractivity contribution in [2.24, 2.45) is 0 Å². The summed E-state index contributed by atoms with van der Waals surface area (Å²) in [6.45, 7) is 0. The van der Waals surface area contributed by atoms with Crippen LogP contribution in [0.3, 0.4) is 0 Å². The predicted molar refractivity (Wildman–Crippen MR) is 77.3 cm³/mol. The Morgan fingerprint density at radius 1 is 0.720 bits per heavy atom. The molecular weight excluding hydrogens is 357 g/mol. The number of nitrogen functional groups attached to an aromatic ring is 2. The lowest BCUT2D eigenvalue weighted by molar-refractivity contribution is -0.402. The lowest BCUT2D eigenvalue weighted by Crippen LogP contribution is -2.55. The summed E-state index contributed by atoms with van der Waals surface area (Å²) in [5, 5.41) is 0. The van der Waals surface area contributed by atoms with Crippen molar-refractivity contribution in [3.05, 3.63) is 42.5 Å². The van der Waals surface area contributed by atoms with Gasteiger partial charge in [-0.1, -0.05) is 12.1 Å². The number of hydrogen-bond acceptors (Lipinski definition) is 3. The highest BCUT2D eigenvalue weighted by molar-refractivity contribution is 5.74. The molecule has 0 aliphatic carbocycles. The van der Waals surface area contributed by atoms with Gasteiger partial charge in [-0.25, -0.2) is 0 Å².